The fourth-order valence-electron chi connectivity index (χ4n) is 0.356. The van der Waals surface area contributed by atoms with Gasteiger partial charge in [-0.3, -0.25) is 4.55 Å². The topological polar surface area (TPSA) is 54.4 Å². The molecule has 0 heterocycles. The van der Waals surface area contributed by atoms with Gasteiger partial charge in [-0.25, -0.2) is 0 Å². The fraction of sp³-hybridized carbons (Fsp3) is 0.600. The van der Waals surface area contributed by atoms with Crippen LogP contribution in [0.1, 0.15) is 13.3 Å². The first kappa shape index (κ1) is 13.3. The van der Waals surface area contributed by atoms with E-state index in [9.17, 15) is 8.42 Å². The van der Waals surface area contributed by atoms with Crippen LogP contribution in [-0.4, -0.2) is 48.3 Å². The summed E-state index contributed by atoms with van der Waals surface area (Å²) in [5.41, 5.74) is 0. The molecule has 0 atom stereocenters. The van der Waals surface area contributed by atoms with Crippen molar-refractivity contribution in [2.45, 2.75) is 13.3 Å². The second-order valence-corrected chi connectivity index (χ2v) is 3.13. The van der Waals surface area contributed by atoms with Crippen LogP contribution in [0, 0.1) is 0 Å². The summed E-state index contributed by atoms with van der Waals surface area (Å²) in [7, 11) is -3.78. The normalized spacial score (nSPS) is 11.4. The second kappa shape index (κ2) is 6.37. The molecule has 0 saturated heterocycles. The summed E-state index contributed by atoms with van der Waals surface area (Å²) in [4.78, 5) is 0. The van der Waals surface area contributed by atoms with Gasteiger partial charge in [0.15, 0.2) is 0 Å². The Morgan fingerprint density at radius 2 is 1.90 bits per heavy atom. The minimum absolute atomic E-state index is 0. The zero-order chi connectivity index (χ0) is 7.33. The van der Waals surface area contributed by atoms with Gasteiger partial charge in [0.25, 0.3) is 10.1 Å². The van der Waals surface area contributed by atoms with Gasteiger partial charge in [-0.05, 0) is 6.42 Å². The molecule has 0 amide bonds. The number of allylic oxidation sites excluding steroid dienone is 1. The van der Waals surface area contributed by atoms with Gasteiger partial charge in [0.2, 0.25) is 0 Å². The van der Waals surface area contributed by atoms with Crippen LogP contribution in [0.4, 0.5) is 0 Å². The van der Waals surface area contributed by atoms with Crippen molar-refractivity contribution >= 4 is 39.7 Å². The molecule has 0 fully saturated rings. The standard InChI is InChI=1S/C5H10O3S.Na.H/c1-2-3-4-5-9(6,7)8;;/h3-4H,2,5H2,1H3,(H,6,7,8);;. The monoisotopic (exact) mass is 174 g/mol. The van der Waals surface area contributed by atoms with Gasteiger partial charge < -0.3 is 0 Å². The Morgan fingerprint density at radius 1 is 1.40 bits per heavy atom. The van der Waals surface area contributed by atoms with E-state index in [1.54, 1.807) is 6.08 Å². The fourth-order valence-corrected chi connectivity index (χ4v) is 0.736. The molecular weight excluding hydrogens is 163 g/mol. The third-order valence-electron chi connectivity index (χ3n) is 0.709. The van der Waals surface area contributed by atoms with E-state index in [0.717, 1.165) is 6.42 Å². The van der Waals surface area contributed by atoms with Crippen LogP contribution in [0.2, 0.25) is 0 Å². The van der Waals surface area contributed by atoms with E-state index in [0.29, 0.717) is 0 Å². The molecule has 0 aliphatic heterocycles. The molecule has 0 radical (unpaired) electrons. The molecule has 56 valence electrons. The van der Waals surface area contributed by atoms with Crippen LogP contribution in [-0.2, 0) is 10.1 Å². The quantitative estimate of drug-likeness (QED) is 0.377. The Hall–Kier alpha value is 0.650. The third kappa shape index (κ3) is 11.4. The van der Waals surface area contributed by atoms with Crippen molar-refractivity contribution in [2.24, 2.45) is 0 Å². The molecule has 0 spiro atoms. The van der Waals surface area contributed by atoms with Gasteiger partial charge in [0.1, 0.15) is 0 Å². The molecule has 10 heavy (non-hydrogen) atoms. The van der Waals surface area contributed by atoms with Crippen LogP contribution in [0.5, 0.6) is 0 Å². The van der Waals surface area contributed by atoms with E-state index in [4.69, 9.17) is 4.55 Å². The van der Waals surface area contributed by atoms with E-state index >= 15 is 0 Å². The van der Waals surface area contributed by atoms with Crippen LogP contribution < -0.4 is 0 Å². The van der Waals surface area contributed by atoms with Crippen LogP contribution in [0.15, 0.2) is 12.2 Å². The van der Waals surface area contributed by atoms with E-state index in [1.165, 1.54) is 6.08 Å². The summed E-state index contributed by atoms with van der Waals surface area (Å²) >= 11 is 0. The van der Waals surface area contributed by atoms with E-state index in [-0.39, 0.29) is 35.3 Å². The van der Waals surface area contributed by atoms with E-state index in [1.807, 2.05) is 6.92 Å². The van der Waals surface area contributed by atoms with Gasteiger partial charge in [-0.2, -0.15) is 8.42 Å². The summed E-state index contributed by atoms with van der Waals surface area (Å²) in [5.74, 6) is -0.277. The van der Waals surface area contributed by atoms with Crippen molar-refractivity contribution in [3.8, 4) is 0 Å². The van der Waals surface area contributed by atoms with Crippen molar-refractivity contribution in [1.29, 1.82) is 0 Å². The van der Waals surface area contributed by atoms with E-state index < -0.39 is 10.1 Å². The summed E-state index contributed by atoms with van der Waals surface area (Å²) in [6, 6.07) is 0. The molecule has 0 rings (SSSR count). The molecule has 3 nitrogen and oxygen atoms in total. The average molecular weight is 174 g/mol. The van der Waals surface area contributed by atoms with Crippen molar-refractivity contribution in [3.05, 3.63) is 12.2 Å². The predicted octanol–water partition coefficient (Wildman–Crippen LogP) is 0.192. The zero-order valence-electron chi connectivity index (χ0n) is 5.24. The Bertz CT molecular complexity index is 183. The average Bonchev–Trinajstić information content (AvgIpc) is 1.63. The van der Waals surface area contributed by atoms with Crippen molar-refractivity contribution in [1.82, 2.24) is 0 Å². The Labute approximate surface area is 83.6 Å². The zero-order valence-corrected chi connectivity index (χ0v) is 6.06. The molecule has 5 heteroatoms. The molecule has 1 N–H and O–H groups in total. The molecule has 0 bridgehead atoms. The van der Waals surface area contributed by atoms with Gasteiger partial charge in [-0.15, -0.1) is 0 Å². The molecule has 0 saturated carbocycles. The number of rotatable bonds is 3. The third-order valence-corrected chi connectivity index (χ3v) is 1.32. The van der Waals surface area contributed by atoms with Gasteiger partial charge in [0, 0.05) is 0 Å². The van der Waals surface area contributed by atoms with Gasteiger partial charge in [-0.1, -0.05) is 19.1 Å². The van der Waals surface area contributed by atoms with Crippen molar-refractivity contribution in [3.63, 3.8) is 0 Å². The van der Waals surface area contributed by atoms with E-state index in [2.05, 4.69) is 0 Å². The Morgan fingerprint density at radius 3 is 2.20 bits per heavy atom. The van der Waals surface area contributed by atoms with Crippen LogP contribution in [0.3, 0.4) is 0 Å². The Balaban J connectivity index is 0. The number of hydrogen-bond donors (Lipinski definition) is 1. The first-order valence-corrected chi connectivity index (χ1v) is 4.27. The maximum atomic E-state index is 10.0. The van der Waals surface area contributed by atoms with Gasteiger partial charge >= 0.3 is 29.6 Å². The summed E-state index contributed by atoms with van der Waals surface area (Å²) < 4.78 is 28.2. The summed E-state index contributed by atoms with van der Waals surface area (Å²) in [6.07, 6.45) is 3.90. The van der Waals surface area contributed by atoms with Crippen molar-refractivity contribution in [2.75, 3.05) is 5.75 Å². The van der Waals surface area contributed by atoms with Crippen LogP contribution in [0.25, 0.3) is 0 Å². The Kier molecular flexibility index (Phi) is 8.44. The first-order chi connectivity index (χ1) is 4.06. The molecule has 0 aliphatic carbocycles. The molecule has 0 aromatic carbocycles. The molecule has 0 aromatic heterocycles. The molecular formula is C5H11NaO3S. The van der Waals surface area contributed by atoms with Crippen LogP contribution >= 0.6 is 0 Å². The van der Waals surface area contributed by atoms with Crippen molar-refractivity contribution < 1.29 is 13.0 Å². The molecule has 0 aromatic rings. The number of hydrogen-bond acceptors (Lipinski definition) is 2. The SMILES string of the molecule is CCC=CCS(=O)(=O)O.[NaH]. The maximum absolute atomic E-state index is 10.0. The molecule has 0 aliphatic rings. The molecule has 0 unspecified atom stereocenters. The first-order valence-electron chi connectivity index (χ1n) is 2.66. The second-order valence-electron chi connectivity index (χ2n) is 1.63. The predicted molar refractivity (Wildman–Crippen MR) is 43.0 cm³/mol. The summed E-state index contributed by atoms with van der Waals surface area (Å²) in [6.45, 7) is 1.89. The van der Waals surface area contributed by atoms with Gasteiger partial charge in [0.05, 0.1) is 5.75 Å². The minimum atomic E-state index is -3.78. The summed E-state index contributed by atoms with van der Waals surface area (Å²) in [5, 5.41) is 0.